The van der Waals surface area contributed by atoms with E-state index in [9.17, 15) is 13.2 Å². The lowest BCUT2D eigenvalue weighted by Crippen LogP contribution is -2.12. The third-order valence-corrected chi connectivity index (χ3v) is 3.66. The van der Waals surface area contributed by atoms with Gasteiger partial charge in [0.2, 0.25) is 0 Å². The van der Waals surface area contributed by atoms with E-state index in [0.717, 1.165) is 12.1 Å². The lowest BCUT2D eigenvalue weighted by Gasteiger charge is -2.14. The number of anilines is 1. The third-order valence-electron chi connectivity index (χ3n) is 2.88. The molecule has 1 aromatic heterocycles. The highest BCUT2D eigenvalue weighted by atomic mass is 35.5. The van der Waals surface area contributed by atoms with Gasteiger partial charge in [0.25, 0.3) is 0 Å². The van der Waals surface area contributed by atoms with Crippen LogP contribution in [0.5, 0.6) is 0 Å². The van der Waals surface area contributed by atoms with Crippen molar-refractivity contribution in [1.82, 2.24) is 9.78 Å². The second kappa shape index (κ2) is 6.54. The average molecular weight is 383 g/mol. The lowest BCUT2D eigenvalue weighted by atomic mass is 10.2. The van der Waals surface area contributed by atoms with Gasteiger partial charge in [-0.25, -0.2) is 4.68 Å². The zero-order valence-corrected chi connectivity index (χ0v) is 14.0. The molecule has 0 fully saturated rings. The first kappa shape index (κ1) is 17.8. The molecule has 0 radical (unpaired) electrons. The molecular formula is C13H11Cl2F3N4S. The van der Waals surface area contributed by atoms with Crippen LogP contribution in [0.15, 0.2) is 18.2 Å². The molecule has 3 N–H and O–H groups in total. The summed E-state index contributed by atoms with van der Waals surface area (Å²) in [5.74, 6) is 0.457. The van der Waals surface area contributed by atoms with Crippen LogP contribution in [-0.4, -0.2) is 21.3 Å². The van der Waals surface area contributed by atoms with Crippen molar-refractivity contribution in [3.8, 4) is 5.69 Å². The van der Waals surface area contributed by atoms with Crippen LogP contribution in [0.3, 0.4) is 0 Å². The minimum Gasteiger partial charge on any atom is -0.388 e. The molecule has 10 heteroatoms. The molecule has 124 valence electrons. The number of halogens is 5. The quantitative estimate of drug-likeness (QED) is 0.775. The van der Waals surface area contributed by atoms with Crippen LogP contribution in [-0.2, 0) is 6.18 Å². The summed E-state index contributed by atoms with van der Waals surface area (Å²) in [7, 11) is 0. The summed E-state index contributed by atoms with van der Waals surface area (Å²) >= 11 is 16.9. The first-order valence-corrected chi connectivity index (χ1v) is 7.52. The van der Waals surface area contributed by atoms with E-state index in [4.69, 9.17) is 41.2 Å². The topological polar surface area (TPSA) is 55.9 Å². The Bertz CT molecular complexity index is 735. The Morgan fingerprint density at radius 3 is 2.30 bits per heavy atom. The highest BCUT2D eigenvalue weighted by Gasteiger charge is 2.32. The van der Waals surface area contributed by atoms with E-state index in [-0.39, 0.29) is 20.7 Å². The number of hydrogen-bond donors (Lipinski definition) is 2. The van der Waals surface area contributed by atoms with Crippen LogP contribution in [0.2, 0.25) is 10.0 Å². The molecule has 0 aliphatic heterocycles. The fraction of sp³-hybridized carbons (Fsp3) is 0.231. The van der Waals surface area contributed by atoms with Crippen molar-refractivity contribution in [2.24, 2.45) is 5.73 Å². The average Bonchev–Trinajstić information content (AvgIpc) is 2.81. The fourth-order valence-electron chi connectivity index (χ4n) is 1.91. The number of nitrogens with two attached hydrogens (primary N) is 1. The molecule has 0 aliphatic carbocycles. The Morgan fingerprint density at radius 2 is 1.87 bits per heavy atom. The smallest absolute Gasteiger partial charge is 0.388 e. The largest absolute Gasteiger partial charge is 0.416 e. The SMILES string of the molecule is CCNc1cc(C(N)=S)nn1-c1c(Cl)cc(C(F)(F)F)cc1Cl. The Morgan fingerprint density at radius 1 is 1.30 bits per heavy atom. The molecule has 0 spiro atoms. The van der Waals surface area contributed by atoms with Crippen molar-refractivity contribution in [2.45, 2.75) is 13.1 Å². The Labute approximate surface area is 145 Å². The van der Waals surface area contributed by atoms with Crippen LogP contribution in [0, 0.1) is 0 Å². The highest BCUT2D eigenvalue weighted by Crippen LogP contribution is 2.38. The monoisotopic (exact) mass is 382 g/mol. The van der Waals surface area contributed by atoms with Gasteiger partial charge in [-0.05, 0) is 19.1 Å². The van der Waals surface area contributed by atoms with Crippen molar-refractivity contribution in [2.75, 3.05) is 11.9 Å². The number of alkyl halides is 3. The minimum absolute atomic E-state index is 0.0436. The van der Waals surface area contributed by atoms with Gasteiger partial charge in [-0.3, -0.25) is 0 Å². The number of nitrogens with zero attached hydrogens (tertiary/aromatic N) is 2. The van der Waals surface area contributed by atoms with Gasteiger partial charge in [-0.1, -0.05) is 35.4 Å². The Kier molecular flexibility index (Phi) is 5.07. The van der Waals surface area contributed by atoms with Gasteiger partial charge >= 0.3 is 6.18 Å². The fourth-order valence-corrected chi connectivity index (χ4v) is 2.66. The van der Waals surface area contributed by atoms with Crippen LogP contribution in [0.25, 0.3) is 5.69 Å². The van der Waals surface area contributed by atoms with Gasteiger partial charge < -0.3 is 11.1 Å². The maximum absolute atomic E-state index is 12.8. The molecule has 4 nitrogen and oxygen atoms in total. The predicted molar refractivity (Wildman–Crippen MR) is 88.6 cm³/mol. The standard InChI is InChI=1S/C13H11Cl2F3N4S/c1-2-20-10-5-9(12(19)23)21-22(10)11-7(14)3-6(4-8(11)15)13(16,17)18/h3-5,20H,2H2,1H3,(H2,19,23). The maximum Gasteiger partial charge on any atom is 0.416 e. The second-order valence-corrected chi connectivity index (χ2v) is 5.76. The summed E-state index contributed by atoms with van der Waals surface area (Å²) in [4.78, 5) is 0.0436. The van der Waals surface area contributed by atoms with Crippen molar-refractivity contribution in [1.29, 1.82) is 0 Å². The van der Waals surface area contributed by atoms with E-state index in [1.54, 1.807) is 6.07 Å². The molecule has 2 aromatic rings. The summed E-state index contributed by atoms with van der Waals surface area (Å²) in [6, 6.07) is 3.15. The predicted octanol–water partition coefficient (Wildman–Crippen LogP) is 4.26. The molecule has 1 heterocycles. The molecule has 1 aromatic carbocycles. The van der Waals surface area contributed by atoms with E-state index < -0.39 is 11.7 Å². The summed E-state index contributed by atoms with van der Waals surface area (Å²) in [5, 5.41) is 6.76. The zero-order chi connectivity index (χ0) is 17.4. The summed E-state index contributed by atoms with van der Waals surface area (Å²) in [5.41, 5.74) is 5.00. The van der Waals surface area contributed by atoms with Gasteiger partial charge in [0, 0.05) is 12.6 Å². The number of hydrogen-bond acceptors (Lipinski definition) is 3. The molecule has 0 aliphatic rings. The van der Waals surface area contributed by atoms with Gasteiger partial charge in [0.1, 0.15) is 22.2 Å². The number of rotatable bonds is 4. The number of nitrogens with one attached hydrogen (secondary N) is 1. The highest BCUT2D eigenvalue weighted by molar-refractivity contribution is 7.80. The van der Waals surface area contributed by atoms with Crippen LogP contribution >= 0.6 is 35.4 Å². The molecule has 0 bridgehead atoms. The van der Waals surface area contributed by atoms with E-state index in [2.05, 4.69) is 10.4 Å². The van der Waals surface area contributed by atoms with Gasteiger partial charge in [-0.15, -0.1) is 0 Å². The van der Waals surface area contributed by atoms with Crippen molar-refractivity contribution >= 4 is 46.2 Å². The number of benzene rings is 1. The minimum atomic E-state index is -4.55. The number of thiocarbonyl (C=S) groups is 1. The normalized spacial score (nSPS) is 11.6. The van der Waals surface area contributed by atoms with E-state index in [1.807, 2.05) is 6.92 Å². The van der Waals surface area contributed by atoms with Crippen molar-refractivity contribution < 1.29 is 13.2 Å². The first-order chi connectivity index (χ1) is 10.6. The Balaban J connectivity index is 2.64. The number of aromatic nitrogens is 2. The van der Waals surface area contributed by atoms with E-state index >= 15 is 0 Å². The van der Waals surface area contributed by atoms with Gasteiger partial charge in [-0.2, -0.15) is 18.3 Å². The Hall–Kier alpha value is -1.51. The zero-order valence-electron chi connectivity index (χ0n) is 11.7. The summed E-state index contributed by atoms with van der Waals surface area (Å²) < 4.78 is 39.7. The van der Waals surface area contributed by atoms with E-state index in [0.29, 0.717) is 18.1 Å². The van der Waals surface area contributed by atoms with Gasteiger partial charge in [0.15, 0.2) is 0 Å². The molecule has 0 saturated carbocycles. The molecule has 0 atom stereocenters. The van der Waals surface area contributed by atoms with Crippen LogP contribution in [0.1, 0.15) is 18.2 Å². The molecule has 2 rings (SSSR count). The van der Waals surface area contributed by atoms with Crippen LogP contribution in [0.4, 0.5) is 19.0 Å². The van der Waals surface area contributed by atoms with Crippen LogP contribution < -0.4 is 11.1 Å². The molecular weight excluding hydrogens is 372 g/mol. The third kappa shape index (κ3) is 3.70. The first-order valence-electron chi connectivity index (χ1n) is 6.35. The van der Waals surface area contributed by atoms with Crippen molar-refractivity contribution in [3.05, 3.63) is 39.5 Å². The lowest BCUT2D eigenvalue weighted by molar-refractivity contribution is -0.137. The molecule has 0 unspecified atom stereocenters. The second-order valence-electron chi connectivity index (χ2n) is 4.51. The summed E-state index contributed by atoms with van der Waals surface area (Å²) in [6.07, 6.45) is -4.55. The molecule has 23 heavy (non-hydrogen) atoms. The van der Waals surface area contributed by atoms with Gasteiger partial charge in [0.05, 0.1) is 15.6 Å². The van der Waals surface area contributed by atoms with Crippen molar-refractivity contribution in [3.63, 3.8) is 0 Å². The molecule has 0 amide bonds. The van der Waals surface area contributed by atoms with E-state index in [1.165, 1.54) is 4.68 Å². The molecule has 0 saturated heterocycles. The summed E-state index contributed by atoms with van der Waals surface area (Å²) in [6.45, 7) is 2.38. The maximum atomic E-state index is 12.8.